The Morgan fingerprint density at radius 1 is 1.27 bits per heavy atom. The topological polar surface area (TPSA) is 0 Å². The molecule has 2 atom stereocenters. The van der Waals surface area contributed by atoms with Gasteiger partial charge in [-0.3, -0.25) is 0 Å². The van der Waals surface area contributed by atoms with Crippen LogP contribution in [0.1, 0.15) is 25.7 Å². The zero-order valence-electron chi connectivity index (χ0n) is 7.43. The number of piperidine rings is 1. The molecule has 0 amide bonds. The Bertz CT molecular complexity index is 254. The second-order valence-corrected chi connectivity index (χ2v) is 4.87. The van der Waals surface area contributed by atoms with Gasteiger partial charge in [-0.25, -0.2) is 0 Å². The molecule has 1 heteroatoms. The SMILES string of the molecule is C[N+]1(C)[C@]23CC=C[C@@]21CCC3. The van der Waals surface area contributed by atoms with Crippen LogP contribution in [0.15, 0.2) is 12.2 Å². The highest BCUT2D eigenvalue weighted by molar-refractivity contribution is 5.35. The first-order chi connectivity index (χ1) is 5.16. The molecule has 60 valence electrons. The molecule has 1 aliphatic heterocycles. The van der Waals surface area contributed by atoms with Crippen LogP contribution in [0.2, 0.25) is 0 Å². The van der Waals surface area contributed by atoms with Crippen LogP contribution in [0.25, 0.3) is 0 Å². The predicted octanol–water partition coefficient (Wildman–Crippen LogP) is 1.70. The molecule has 1 saturated carbocycles. The summed E-state index contributed by atoms with van der Waals surface area (Å²) < 4.78 is 1.29. The molecule has 0 bridgehead atoms. The minimum atomic E-state index is 0.604. The number of quaternary nitrogens is 1. The van der Waals surface area contributed by atoms with Gasteiger partial charge in [-0.15, -0.1) is 0 Å². The maximum Gasteiger partial charge on any atom is 0.173 e. The van der Waals surface area contributed by atoms with E-state index in [4.69, 9.17) is 0 Å². The molecule has 0 spiro atoms. The van der Waals surface area contributed by atoms with Crippen molar-refractivity contribution in [3.8, 4) is 0 Å². The van der Waals surface area contributed by atoms with Crippen LogP contribution >= 0.6 is 0 Å². The Balaban J connectivity index is 2.17. The van der Waals surface area contributed by atoms with Gasteiger partial charge in [0.2, 0.25) is 0 Å². The van der Waals surface area contributed by atoms with E-state index in [1.807, 2.05) is 0 Å². The highest BCUT2D eigenvalue weighted by atomic mass is 15.6. The molecule has 0 aromatic heterocycles. The lowest BCUT2D eigenvalue weighted by atomic mass is 10.0. The van der Waals surface area contributed by atoms with E-state index in [0.717, 1.165) is 0 Å². The van der Waals surface area contributed by atoms with Crippen LogP contribution in [0.5, 0.6) is 0 Å². The minimum Gasteiger partial charge on any atom is -0.305 e. The molecular formula is C10H16N+. The molecule has 2 fully saturated rings. The first kappa shape index (κ1) is 6.24. The molecule has 1 heterocycles. The first-order valence-corrected chi connectivity index (χ1v) is 4.68. The summed E-state index contributed by atoms with van der Waals surface area (Å²) in [5.41, 5.74) is 1.28. The average Bonchev–Trinajstić information content (AvgIpc) is 2.32. The van der Waals surface area contributed by atoms with Gasteiger partial charge in [0.15, 0.2) is 11.1 Å². The number of likely N-dealkylation sites (tertiary alicyclic amines) is 1. The Kier molecular flexibility index (Phi) is 0.742. The van der Waals surface area contributed by atoms with Crippen molar-refractivity contribution in [2.24, 2.45) is 0 Å². The molecule has 0 aromatic rings. The molecule has 0 aromatic carbocycles. The van der Waals surface area contributed by atoms with Crippen molar-refractivity contribution >= 4 is 0 Å². The summed E-state index contributed by atoms with van der Waals surface area (Å²) >= 11 is 0. The lowest BCUT2D eigenvalue weighted by molar-refractivity contribution is -0.814. The highest BCUT2D eigenvalue weighted by Crippen LogP contribution is 2.71. The molecule has 1 nitrogen and oxygen atoms in total. The molecule has 0 radical (unpaired) electrons. The smallest absolute Gasteiger partial charge is 0.173 e. The van der Waals surface area contributed by atoms with E-state index in [-0.39, 0.29) is 0 Å². The van der Waals surface area contributed by atoms with Crippen molar-refractivity contribution < 1.29 is 4.48 Å². The van der Waals surface area contributed by atoms with Crippen molar-refractivity contribution in [3.63, 3.8) is 0 Å². The van der Waals surface area contributed by atoms with Gasteiger partial charge in [-0.1, -0.05) is 6.08 Å². The number of nitrogens with zero attached hydrogens (tertiary/aromatic N) is 1. The van der Waals surface area contributed by atoms with E-state index in [0.29, 0.717) is 11.1 Å². The van der Waals surface area contributed by atoms with E-state index in [1.165, 1.54) is 30.2 Å². The lowest BCUT2D eigenvalue weighted by Gasteiger charge is -2.21. The van der Waals surface area contributed by atoms with Crippen molar-refractivity contribution in [1.29, 1.82) is 0 Å². The van der Waals surface area contributed by atoms with Crippen molar-refractivity contribution in [1.82, 2.24) is 0 Å². The van der Waals surface area contributed by atoms with Gasteiger partial charge in [-0.2, -0.15) is 0 Å². The predicted molar refractivity (Wildman–Crippen MR) is 45.2 cm³/mol. The summed E-state index contributed by atoms with van der Waals surface area (Å²) in [6, 6.07) is 0. The van der Waals surface area contributed by atoms with Gasteiger partial charge in [0.25, 0.3) is 0 Å². The summed E-state index contributed by atoms with van der Waals surface area (Å²) in [6.45, 7) is 0. The molecule has 0 unspecified atom stereocenters. The third-order valence-corrected chi connectivity index (χ3v) is 4.82. The minimum absolute atomic E-state index is 0.604. The Hall–Kier alpha value is -0.300. The molecule has 11 heavy (non-hydrogen) atoms. The fourth-order valence-corrected chi connectivity index (χ4v) is 4.10. The Morgan fingerprint density at radius 2 is 2.09 bits per heavy atom. The van der Waals surface area contributed by atoms with Crippen LogP contribution < -0.4 is 0 Å². The van der Waals surface area contributed by atoms with E-state index in [2.05, 4.69) is 26.2 Å². The van der Waals surface area contributed by atoms with Crippen LogP contribution in [0.3, 0.4) is 0 Å². The van der Waals surface area contributed by atoms with E-state index in [1.54, 1.807) is 0 Å². The summed E-state index contributed by atoms with van der Waals surface area (Å²) in [5.74, 6) is 0. The summed E-state index contributed by atoms with van der Waals surface area (Å²) in [4.78, 5) is 0. The standard InChI is InChI=1S/C10H16N/c1-11(2)9-5-3-6-10(9,11)8-4-7-9/h3,5H,4,6-8H2,1-2H3/q+1/t9-,10+/m1/s1. The fourth-order valence-electron chi connectivity index (χ4n) is 4.10. The van der Waals surface area contributed by atoms with Crippen molar-refractivity contribution in [2.45, 2.75) is 36.8 Å². The number of hydrogen-bond acceptors (Lipinski definition) is 0. The Morgan fingerprint density at radius 3 is 2.73 bits per heavy atom. The highest BCUT2D eigenvalue weighted by Gasteiger charge is 2.87. The molecule has 1 saturated heterocycles. The molecular weight excluding hydrogens is 134 g/mol. The number of rotatable bonds is 0. The third kappa shape index (κ3) is 0.347. The van der Waals surface area contributed by atoms with Crippen LogP contribution in [0.4, 0.5) is 0 Å². The van der Waals surface area contributed by atoms with Crippen LogP contribution in [-0.2, 0) is 0 Å². The second kappa shape index (κ2) is 1.31. The quantitative estimate of drug-likeness (QED) is 0.280. The van der Waals surface area contributed by atoms with Gasteiger partial charge >= 0.3 is 0 Å². The van der Waals surface area contributed by atoms with Crippen molar-refractivity contribution in [3.05, 3.63) is 12.2 Å². The van der Waals surface area contributed by atoms with Gasteiger partial charge in [0.1, 0.15) is 0 Å². The second-order valence-electron chi connectivity index (χ2n) is 4.87. The molecule has 3 aliphatic rings. The van der Waals surface area contributed by atoms with E-state index >= 15 is 0 Å². The molecule has 2 aliphatic carbocycles. The lowest BCUT2D eigenvalue weighted by Crippen LogP contribution is -2.31. The normalized spacial score (nSPS) is 55.8. The zero-order valence-corrected chi connectivity index (χ0v) is 7.43. The van der Waals surface area contributed by atoms with Gasteiger partial charge < -0.3 is 4.48 Å². The van der Waals surface area contributed by atoms with E-state index < -0.39 is 0 Å². The zero-order chi connectivity index (χ0) is 7.74. The Labute approximate surface area is 68.3 Å². The number of hydrogen-bond donors (Lipinski definition) is 0. The molecule has 0 N–H and O–H groups in total. The third-order valence-electron chi connectivity index (χ3n) is 4.82. The van der Waals surface area contributed by atoms with Gasteiger partial charge in [-0.05, 0) is 12.5 Å². The largest absolute Gasteiger partial charge is 0.305 e. The summed E-state index contributed by atoms with van der Waals surface area (Å²) in [7, 11) is 4.81. The van der Waals surface area contributed by atoms with Crippen molar-refractivity contribution in [2.75, 3.05) is 14.1 Å². The molecule has 3 rings (SSSR count). The number of likely N-dealkylation sites (N-methyl/N-ethyl adjacent to an activating group) is 1. The first-order valence-electron chi connectivity index (χ1n) is 4.68. The maximum atomic E-state index is 2.50. The van der Waals surface area contributed by atoms with Crippen LogP contribution in [0, 0.1) is 0 Å². The van der Waals surface area contributed by atoms with E-state index in [9.17, 15) is 0 Å². The average molecular weight is 150 g/mol. The fraction of sp³-hybridized carbons (Fsp3) is 0.800. The van der Waals surface area contributed by atoms with Gasteiger partial charge in [0.05, 0.1) is 14.1 Å². The summed E-state index contributed by atoms with van der Waals surface area (Å²) in [5, 5.41) is 0. The van der Waals surface area contributed by atoms with Gasteiger partial charge in [0, 0.05) is 19.3 Å². The summed E-state index contributed by atoms with van der Waals surface area (Å²) in [6.07, 6.45) is 10.6. The van der Waals surface area contributed by atoms with Crippen LogP contribution in [-0.4, -0.2) is 29.7 Å². The maximum absolute atomic E-state index is 2.50. The monoisotopic (exact) mass is 150 g/mol.